The molecule has 2 rings (SSSR count). The highest BCUT2D eigenvalue weighted by atomic mass is 35.5. The van der Waals surface area contributed by atoms with E-state index in [0.717, 1.165) is 4.90 Å². The van der Waals surface area contributed by atoms with Crippen molar-refractivity contribution in [3.05, 3.63) is 58.4 Å². The Balaban J connectivity index is 2.37. The van der Waals surface area contributed by atoms with Gasteiger partial charge in [-0.15, -0.1) is 0 Å². The van der Waals surface area contributed by atoms with Crippen LogP contribution in [0.25, 0.3) is 0 Å². The van der Waals surface area contributed by atoms with E-state index in [-0.39, 0.29) is 6.54 Å². The minimum Gasteiger partial charge on any atom is -0.365 e. The monoisotopic (exact) mass is 304 g/mol. The molecule has 1 aromatic carbocycles. The second kappa shape index (κ2) is 5.66. The molecule has 0 bridgehead atoms. The zero-order chi connectivity index (χ0) is 14.9. The van der Waals surface area contributed by atoms with Crippen molar-refractivity contribution in [2.75, 3.05) is 11.9 Å². The molecular formula is C13H9ClF4N2. The first-order chi connectivity index (χ1) is 9.40. The van der Waals surface area contributed by atoms with E-state index in [1.54, 1.807) is 24.3 Å². The minimum atomic E-state index is -1.68. The average Bonchev–Trinajstić information content (AvgIpc) is 2.36. The van der Waals surface area contributed by atoms with Crippen LogP contribution >= 0.6 is 11.6 Å². The molecule has 20 heavy (non-hydrogen) atoms. The van der Waals surface area contributed by atoms with Crippen molar-refractivity contribution in [2.45, 2.75) is 6.54 Å². The zero-order valence-corrected chi connectivity index (χ0v) is 11.1. The van der Waals surface area contributed by atoms with Gasteiger partial charge in [0.05, 0.1) is 0 Å². The second-order valence-corrected chi connectivity index (χ2v) is 4.59. The molecular weight excluding hydrogens is 296 g/mol. The lowest BCUT2D eigenvalue weighted by atomic mass is 10.2. The predicted molar refractivity (Wildman–Crippen MR) is 67.6 cm³/mol. The third-order valence-corrected chi connectivity index (χ3v) is 2.90. The molecule has 2 aromatic rings. The SMILES string of the molecule is CN(Cc1cccc(Cl)c1)c1c(F)c(F)nc(F)c1F. The Kier molecular flexibility index (Phi) is 4.13. The van der Waals surface area contributed by atoms with Gasteiger partial charge in [-0.25, -0.2) is 0 Å². The molecule has 1 heterocycles. The fourth-order valence-corrected chi connectivity index (χ4v) is 2.01. The van der Waals surface area contributed by atoms with Crippen LogP contribution in [0.1, 0.15) is 5.56 Å². The third kappa shape index (κ3) is 2.85. The van der Waals surface area contributed by atoms with Crippen molar-refractivity contribution in [1.29, 1.82) is 0 Å². The van der Waals surface area contributed by atoms with Crippen LogP contribution in [0, 0.1) is 23.5 Å². The number of hydrogen-bond donors (Lipinski definition) is 0. The van der Waals surface area contributed by atoms with E-state index in [2.05, 4.69) is 4.98 Å². The Hall–Kier alpha value is -1.82. The standard InChI is InChI=1S/C13H9ClF4N2/c1-20(6-7-3-2-4-8(14)5-7)11-9(15)12(17)19-13(18)10(11)16/h2-5H,6H2,1H3. The van der Waals surface area contributed by atoms with Gasteiger partial charge in [0, 0.05) is 18.6 Å². The van der Waals surface area contributed by atoms with E-state index in [4.69, 9.17) is 11.6 Å². The van der Waals surface area contributed by atoms with Crippen LogP contribution in [0.5, 0.6) is 0 Å². The van der Waals surface area contributed by atoms with E-state index >= 15 is 0 Å². The number of halogens is 5. The van der Waals surface area contributed by atoms with Crippen molar-refractivity contribution in [3.63, 3.8) is 0 Å². The molecule has 0 saturated heterocycles. The first kappa shape index (κ1) is 14.6. The summed E-state index contributed by atoms with van der Waals surface area (Å²) in [5.41, 5.74) is -0.175. The molecule has 0 saturated carbocycles. The molecule has 0 unspecified atom stereocenters. The van der Waals surface area contributed by atoms with Gasteiger partial charge in [0.25, 0.3) is 11.9 Å². The summed E-state index contributed by atoms with van der Waals surface area (Å²) in [4.78, 5) is 3.55. The molecule has 0 aliphatic rings. The van der Waals surface area contributed by atoms with Crippen LogP contribution in [-0.2, 0) is 6.54 Å². The summed E-state index contributed by atoms with van der Waals surface area (Å²) in [6.07, 6.45) is 0. The summed E-state index contributed by atoms with van der Waals surface area (Å²) in [7, 11) is 1.31. The first-order valence-electron chi connectivity index (χ1n) is 5.55. The smallest absolute Gasteiger partial charge is 0.253 e. The number of rotatable bonds is 3. The van der Waals surface area contributed by atoms with Gasteiger partial charge >= 0.3 is 0 Å². The molecule has 0 amide bonds. The maximum Gasteiger partial charge on any atom is 0.253 e. The van der Waals surface area contributed by atoms with Crippen LogP contribution in [0.4, 0.5) is 23.2 Å². The van der Waals surface area contributed by atoms with Gasteiger partial charge in [0.15, 0.2) is 0 Å². The highest BCUT2D eigenvalue weighted by Gasteiger charge is 2.23. The largest absolute Gasteiger partial charge is 0.365 e. The normalized spacial score (nSPS) is 10.7. The molecule has 7 heteroatoms. The second-order valence-electron chi connectivity index (χ2n) is 4.16. The number of aromatic nitrogens is 1. The van der Waals surface area contributed by atoms with Gasteiger partial charge in [-0.05, 0) is 17.7 Å². The molecule has 0 fully saturated rings. The van der Waals surface area contributed by atoms with Crippen LogP contribution < -0.4 is 4.90 Å². The third-order valence-electron chi connectivity index (χ3n) is 2.66. The number of benzene rings is 1. The van der Waals surface area contributed by atoms with E-state index in [1.165, 1.54) is 7.05 Å². The van der Waals surface area contributed by atoms with Crippen molar-refractivity contribution < 1.29 is 17.6 Å². The summed E-state index contributed by atoms with van der Waals surface area (Å²) < 4.78 is 53.2. The summed E-state index contributed by atoms with van der Waals surface area (Å²) in [5, 5.41) is 0.448. The average molecular weight is 305 g/mol. The maximum absolute atomic E-state index is 13.6. The highest BCUT2D eigenvalue weighted by Crippen LogP contribution is 2.26. The van der Waals surface area contributed by atoms with Gasteiger partial charge in [-0.3, -0.25) is 0 Å². The van der Waals surface area contributed by atoms with Gasteiger partial charge in [0.1, 0.15) is 5.69 Å². The Morgan fingerprint density at radius 2 is 1.70 bits per heavy atom. The number of hydrogen-bond acceptors (Lipinski definition) is 2. The Labute approximate surface area is 117 Å². The molecule has 0 radical (unpaired) electrons. The van der Waals surface area contributed by atoms with Crippen LogP contribution in [0.3, 0.4) is 0 Å². The fraction of sp³-hybridized carbons (Fsp3) is 0.154. The van der Waals surface area contributed by atoms with Crippen molar-refractivity contribution in [2.24, 2.45) is 0 Å². The molecule has 1 aromatic heterocycles. The maximum atomic E-state index is 13.6. The van der Waals surface area contributed by atoms with Crippen molar-refractivity contribution >= 4 is 17.3 Å². The molecule has 0 N–H and O–H groups in total. The zero-order valence-electron chi connectivity index (χ0n) is 10.3. The topological polar surface area (TPSA) is 16.1 Å². The van der Waals surface area contributed by atoms with Gasteiger partial charge in [-0.2, -0.15) is 22.5 Å². The van der Waals surface area contributed by atoms with E-state index < -0.39 is 29.2 Å². The van der Waals surface area contributed by atoms with Crippen LogP contribution in [0.15, 0.2) is 24.3 Å². The Morgan fingerprint density at radius 1 is 1.10 bits per heavy atom. The van der Waals surface area contributed by atoms with Crippen LogP contribution in [0.2, 0.25) is 5.02 Å². The molecule has 0 atom stereocenters. The van der Waals surface area contributed by atoms with Crippen molar-refractivity contribution in [3.8, 4) is 0 Å². The predicted octanol–water partition coefficient (Wildman–Crippen LogP) is 3.93. The lowest BCUT2D eigenvalue weighted by molar-refractivity contribution is 0.407. The summed E-state index contributed by atoms with van der Waals surface area (Å²) in [5.74, 6) is -6.43. The number of anilines is 1. The molecule has 106 valence electrons. The first-order valence-corrected chi connectivity index (χ1v) is 5.93. The van der Waals surface area contributed by atoms with Crippen LogP contribution in [-0.4, -0.2) is 12.0 Å². The van der Waals surface area contributed by atoms with Gasteiger partial charge in [0.2, 0.25) is 11.6 Å². The van der Waals surface area contributed by atoms with Crippen molar-refractivity contribution in [1.82, 2.24) is 4.98 Å². The molecule has 0 spiro atoms. The molecule has 0 aliphatic heterocycles. The lowest BCUT2D eigenvalue weighted by Gasteiger charge is -2.20. The Bertz CT molecular complexity index is 622. The minimum absolute atomic E-state index is 0.0251. The lowest BCUT2D eigenvalue weighted by Crippen LogP contribution is -2.21. The number of pyridine rings is 1. The van der Waals surface area contributed by atoms with E-state index in [1.807, 2.05) is 0 Å². The quantitative estimate of drug-likeness (QED) is 0.631. The molecule has 0 aliphatic carbocycles. The van der Waals surface area contributed by atoms with Gasteiger partial charge < -0.3 is 4.90 Å². The van der Waals surface area contributed by atoms with Gasteiger partial charge in [-0.1, -0.05) is 23.7 Å². The van der Waals surface area contributed by atoms with E-state index in [9.17, 15) is 17.6 Å². The fourth-order valence-electron chi connectivity index (χ4n) is 1.80. The summed E-state index contributed by atoms with van der Waals surface area (Å²) >= 11 is 5.79. The number of nitrogens with zero attached hydrogens (tertiary/aromatic N) is 2. The highest BCUT2D eigenvalue weighted by molar-refractivity contribution is 6.30. The summed E-state index contributed by atoms with van der Waals surface area (Å²) in [6, 6.07) is 6.55. The van der Waals surface area contributed by atoms with E-state index in [0.29, 0.717) is 10.6 Å². The summed E-state index contributed by atoms with van der Waals surface area (Å²) in [6.45, 7) is 0.0251. The Morgan fingerprint density at radius 3 is 2.25 bits per heavy atom. The molecule has 2 nitrogen and oxygen atoms in total.